The molecule has 2 aromatic rings. The van der Waals surface area contributed by atoms with Gasteiger partial charge in [0.15, 0.2) is 5.16 Å². The lowest BCUT2D eigenvalue weighted by Gasteiger charge is -2.16. The van der Waals surface area contributed by atoms with E-state index in [1.807, 2.05) is 19.1 Å². The van der Waals surface area contributed by atoms with Crippen LogP contribution in [0.3, 0.4) is 0 Å². The number of anilines is 1. The molecular formula is C19H26N4OS. The Balaban J connectivity index is 1.66. The average molecular weight is 359 g/mol. The zero-order chi connectivity index (χ0) is 18.0. The number of carbonyl (C=O) groups excluding carboxylic acids is 1. The zero-order valence-electron chi connectivity index (χ0n) is 15.4. The summed E-state index contributed by atoms with van der Waals surface area (Å²) in [6, 6.07) is 6.15. The molecule has 5 nitrogen and oxygen atoms in total. The number of rotatable bonds is 7. The highest BCUT2D eigenvalue weighted by Gasteiger charge is 2.30. The maximum absolute atomic E-state index is 12.5. The van der Waals surface area contributed by atoms with Crippen molar-refractivity contribution in [2.24, 2.45) is 0 Å². The van der Waals surface area contributed by atoms with Crippen molar-refractivity contribution < 1.29 is 4.79 Å². The van der Waals surface area contributed by atoms with Crippen molar-refractivity contribution in [3.05, 3.63) is 35.2 Å². The summed E-state index contributed by atoms with van der Waals surface area (Å²) in [6.07, 6.45) is 2.41. The highest BCUT2D eigenvalue weighted by atomic mass is 32.2. The van der Waals surface area contributed by atoms with Gasteiger partial charge in [0.1, 0.15) is 5.82 Å². The molecule has 1 aromatic carbocycles. The third-order valence-electron chi connectivity index (χ3n) is 4.53. The molecule has 0 spiro atoms. The van der Waals surface area contributed by atoms with Crippen LogP contribution in [0.4, 0.5) is 5.69 Å². The second-order valence-corrected chi connectivity index (χ2v) is 7.83. The van der Waals surface area contributed by atoms with Gasteiger partial charge in [0.25, 0.3) is 0 Å². The topological polar surface area (TPSA) is 59.8 Å². The minimum absolute atomic E-state index is 0.000162. The number of benzene rings is 1. The Bertz CT molecular complexity index is 765. The van der Waals surface area contributed by atoms with Crippen LogP contribution < -0.4 is 5.32 Å². The van der Waals surface area contributed by atoms with Crippen molar-refractivity contribution in [3.63, 3.8) is 0 Å². The molecule has 134 valence electrons. The third-order valence-corrected chi connectivity index (χ3v) is 5.49. The Morgan fingerprint density at radius 2 is 2.12 bits per heavy atom. The van der Waals surface area contributed by atoms with Gasteiger partial charge in [-0.2, -0.15) is 0 Å². The van der Waals surface area contributed by atoms with Crippen LogP contribution in [0, 0.1) is 6.92 Å². The first-order chi connectivity index (χ1) is 12.0. The summed E-state index contributed by atoms with van der Waals surface area (Å²) in [4.78, 5) is 12.5. The van der Waals surface area contributed by atoms with Crippen molar-refractivity contribution in [1.29, 1.82) is 0 Å². The number of hydrogen-bond donors (Lipinski definition) is 1. The molecule has 1 N–H and O–H groups in total. The normalized spacial score (nSPS) is 14.1. The molecule has 0 aliphatic heterocycles. The number of amides is 1. The van der Waals surface area contributed by atoms with Gasteiger partial charge < -0.3 is 9.88 Å². The molecule has 1 fully saturated rings. The van der Waals surface area contributed by atoms with Crippen molar-refractivity contribution in [2.75, 3.05) is 11.1 Å². The number of aryl methyl sites for hydroxylation is 1. The van der Waals surface area contributed by atoms with E-state index in [9.17, 15) is 4.79 Å². The summed E-state index contributed by atoms with van der Waals surface area (Å²) in [6.45, 7) is 9.26. The molecule has 0 unspecified atom stereocenters. The van der Waals surface area contributed by atoms with Crippen LogP contribution in [0.25, 0.3) is 0 Å². The minimum Gasteiger partial charge on any atom is -0.325 e. The molecule has 0 bridgehead atoms. The van der Waals surface area contributed by atoms with Gasteiger partial charge in [-0.25, -0.2) is 0 Å². The van der Waals surface area contributed by atoms with E-state index in [-0.39, 0.29) is 5.91 Å². The SMILES string of the molecule is CCn1c(SCC(=O)Nc2c(C)cccc2C(C)C)nnc1C1CC1. The summed E-state index contributed by atoms with van der Waals surface area (Å²) in [5.74, 6) is 2.35. The molecular weight excluding hydrogens is 332 g/mol. The lowest BCUT2D eigenvalue weighted by Crippen LogP contribution is -2.17. The maximum Gasteiger partial charge on any atom is 0.234 e. The van der Waals surface area contributed by atoms with Gasteiger partial charge in [-0.15, -0.1) is 10.2 Å². The highest BCUT2D eigenvalue weighted by molar-refractivity contribution is 7.99. The number of para-hydroxylation sites is 1. The molecule has 1 heterocycles. The van der Waals surface area contributed by atoms with E-state index in [1.54, 1.807) is 0 Å². The quantitative estimate of drug-likeness (QED) is 0.748. The van der Waals surface area contributed by atoms with Crippen LogP contribution in [-0.2, 0) is 11.3 Å². The molecule has 0 saturated heterocycles. The van der Waals surface area contributed by atoms with E-state index in [2.05, 4.69) is 46.9 Å². The number of thioether (sulfide) groups is 1. The van der Waals surface area contributed by atoms with Crippen LogP contribution in [-0.4, -0.2) is 26.4 Å². The molecule has 3 rings (SSSR count). The fourth-order valence-electron chi connectivity index (χ4n) is 3.00. The first-order valence-electron chi connectivity index (χ1n) is 8.96. The van der Waals surface area contributed by atoms with Gasteiger partial charge in [0, 0.05) is 18.2 Å². The molecule has 0 atom stereocenters. The molecule has 1 amide bonds. The second kappa shape index (κ2) is 7.60. The summed E-state index contributed by atoms with van der Waals surface area (Å²) < 4.78 is 2.14. The molecule has 6 heteroatoms. The molecule has 1 aliphatic carbocycles. The number of nitrogens with zero attached hydrogens (tertiary/aromatic N) is 3. The summed E-state index contributed by atoms with van der Waals surface area (Å²) >= 11 is 1.46. The lowest BCUT2D eigenvalue weighted by atomic mass is 9.98. The van der Waals surface area contributed by atoms with E-state index in [0.717, 1.165) is 28.8 Å². The molecule has 1 aromatic heterocycles. The Kier molecular flexibility index (Phi) is 5.47. The highest BCUT2D eigenvalue weighted by Crippen LogP contribution is 2.40. The Labute approximate surface area is 153 Å². The van der Waals surface area contributed by atoms with Crippen molar-refractivity contribution >= 4 is 23.4 Å². The monoisotopic (exact) mass is 358 g/mol. The van der Waals surface area contributed by atoms with Crippen molar-refractivity contribution in [2.45, 2.75) is 64.1 Å². The van der Waals surface area contributed by atoms with Crippen LogP contribution >= 0.6 is 11.8 Å². The maximum atomic E-state index is 12.5. The summed E-state index contributed by atoms with van der Waals surface area (Å²) in [5.41, 5.74) is 3.21. The van der Waals surface area contributed by atoms with Crippen molar-refractivity contribution in [3.8, 4) is 0 Å². The molecule has 0 radical (unpaired) electrons. The average Bonchev–Trinajstić information content (AvgIpc) is 3.34. The van der Waals surface area contributed by atoms with Crippen LogP contribution in [0.1, 0.15) is 62.4 Å². The van der Waals surface area contributed by atoms with Gasteiger partial charge in [-0.1, -0.05) is 43.8 Å². The summed E-state index contributed by atoms with van der Waals surface area (Å²) in [7, 11) is 0. The van der Waals surface area contributed by atoms with Gasteiger partial charge in [-0.05, 0) is 43.7 Å². The predicted molar refractivity (Wildman–Crippen MR) is 102 cm³/mol. The second-order valence-electron chi connectivity index (χ2n) is 6.89. The number of hydrogen-bond acceptors (Lipinski definition) is 4. The van der Waals surface area contributed by atoms with Gasteiger partial charge in [0.05, 0.1) is 5.75 Å². The zero-order valence-corrected chi connectivity index (χ0v) is 16.2. The molecule has 1 aliphatic rings. The van der Waals surface area contributed by atoms with E-state index in [4.69, 9.17) is 0 Å². The van der Waals surface area contributed by atoms with Crippen LogP contribution in [0.2, 0.25) is 0 Å². The van der Waals surface area contributed by atoms with Crippen molar-refractivity contribution in [1.82, 2.24) is 14.8 Å². The van der Waals surface area contributed by atoms with Gasteiger partial charge >= 0.3 is 0 Å². The largest absolute Gasteiger partial charge is 0.325 e. The van der Waals surface area contributed by atoms with Gasteiger partial charge in [-0.3, -0.25) is 4.79 Å². The van der Waals surface area contributed by atoms with E-state index < -0.39 is 0 Å². The predicted octanol–water partition coefficient (Wildman–Crippen LogP) is 4.34. The fraction of sp³-hybridized carbons (Fsp3) is 0.526. The molecule has 25 heavy (non-hydrogen) atoms. The number of nitrogens with one attached hydrogen (secondary N) is 1. The number of aromatic nitrogens is 3. The van der Waals surface area contributed by atoms with Crippen LogP contribution in [0.5, 0.6) is 0 Å². The van der Waals surface area contributed by atoms with E-state index in [1.165, 1.54) is 30.2 Å². The Morgan fingerprint density at radius 1 is 1.36 bits per heavy atom. The third kappa shape index (κ3) is 4.06. The minimum atomic E-state index is -0.000162. The Morgan fingerprint density at radius 3 is 2.76 bits per heavy atom. The lowest BCUT2D eigenvalue weighted by molar-refractivity contribution is -0.113. The van der Waals surface area contributed by atoms with E-state index in [0.29, 0.717) is 17.6 Å². The number of carbonyl (C=O) groups is 1. The Hall–Kier alpha value is -1.82. The summed E-state index contributed by atoms with van der Waals surface area (Å²) in [5, 5.41) is 12.5. The fourth-order valence-corrected chi connectivity index (χ4v) is 3.80. The standard InChI is InChI=1S/C19H26N4OS/c1-5-23-18(14-9-10-14)21-22-19(23)25-11-16(24)20-17-13(4)7-6-8-15(17)12(2)3/h6-8,12,14H,5,9-11H2,1-4H3,(H,20,24). The van der Waals surface area contributed by atoms with E-state index >= 15 is 0 Å². The smallest absolute Gasteiger partial charge is 0.234 e. The van der Waals surface area contributed by atoms with Gasteiger partial charge in [0.2, 0.25) is 5.91 Å². The molecule has 1 saturated carbocycles. The van der Waals surface area contributed by atoms with Crippen LogP contribution in [0.15, 0.2) is 23.4 Å². The first kappa shape index (κ1) is 18.0. The first-order valence-corrected chi connectivity index (χ1v) is 9.95.